The van der Waals surface area contributed by atoms with Gasteiger partial charge in [-0.05, 0) is 47.5 Å². The van der Waals surface area contributed by atoms with E-state index in [0.717, 1.165) is 24.9 Å². The number of benzene rings is 2. The quantitative estimate of drug-likeness (QED) is 0.305. The number of hydrogen-bond donors (Lipinski definition) is 0. The van der Waals surface area contributed by atoms with Gasteiger partial charge in [-0.25, -0.2) is 4.39 Å². The lowest BCUT2D eigenvalue weighted by atomic mass is 9.98. The Kier molecular flexibility index (Phi) is 6.78. The minimum atomic E-state index is -0.345. The fourth-order valence-corrected chi connectivity index (χ4v) is 6.24. The maximum absolute atomic E-state index is 14.6. The molecule has 3 heterocycles. The zero-order valence-electron chi connectivity index (χ0n) is 18.9. The van der Waals surface area contributed by atoms with Crippen molar-refractivity contribution in [1.82, 2.24) is 19.7 Å². The highest BCUT2D eigenvalue weighted by atomic mass is 32.2. The van der Waals surface area contributed by atoms with Crippen LogP contribution in [-0.4, -0.2) is 37.9 Å². The van der Waals surface area contributed by atoms with Crippen molar-refractivity contribution in [3.8, 4) is 11.4 Å². The minimum Gasteiger partial charge on any atom is -0.335 e. The van der Waals surface area contributed by atoms with Crippen molar-refractivity contribution in [3.05, 3.63) is 87.9 Å². The molecular weight excluding hydrogens is 467 g/mol. The van der Waals surface area contributed by atoms with E-state index in [-0.39, 0.29) is 23.5 Å². The molecule has 1 aliphatic heterocycles. The number of hydrogen-bond acceptors (Lipinski definition) is 5. The van der Waals surface area contributed by atoms with E-state index in [2.05, 4.69) is 28.6 Å². The van der Waals surface area contributed by atoms with Crippen LogP contribution in [0.2, 0.25) is 0 Å². The Morgan fingerprint density at radius 1 is 1.12 bits per heavy atom. The number of carbonyl (C=O) groups excluding carboxylic acids is 1. The van der Waals surface area contributed by atoms with Crippen molar-refractivity contribution in [2.24, 2.45) is 0 Å². The van der Waals surface area contributed by atoms with Crippen LogP contribution >= 0.6 is 23.1 Å². The van der Waals surface area contributed by atoms with E-state index in [1.165, 1.54) is 28.3 Å². The molecule has 0 spiro atoms. The topological polar surface area (TPSA) is 51.0 Å². The fraction of sp³-hybridized carbons (Fsp3) is 0.269. The third-order valence-electron chi connectivity index (χ3n) is 6.14. The van der Waals surface area contributed by atoms with Crippen molar-refractivity contribution in [2.45, 2.75) is 37.5 Å². The summed E-state index contributed by atoms with van der Waals surface area (Å²) in [5, 5.41) is 11.4. The predicted molar refractivity (Wildman–Crippen MR) is 134 cm³/mol. The number of thioether (sulfide) groups is 1. The normalized spacial score (nSPS) is 15.4. The Labute approximate surface area is 206 Å². The number of nitrogens with zero attached hydrogens (tertiary/aromatic N) is 4. The van der Waals surface area contributed by atoms with Crippen LogP contribution in [0.4, 0.5) is 4.39 Å². The lowest BCUT2D eigenvalue weighted by molar-refractivity contribution is -0.131. The molecule has 34 heavy (non-hydrogen) atoms. The molecule has 174 valence electrons. The van der Waals surface area contributed by atoms with Crippen LogP contribution in [0.15, 0.2) is 71.2 Å². The van der Waals surface area contributed by atoms with E-state index in [0.29, 0.717) is 23.1 Å². The van der Waals surface area contributed by atoms with Gasteiger partial charge in [-0.2, -0.15) is 0 Å². The molecule has 2 aromatic heterocycles. The highest BCUT2D eigenvalue weighted by Crippen LogP contribution is 2.36. The summed E-state index contributed by atoms with van der Waals surface area (Å²) in [6.45, 7) is 3.36. The Hall–Kier alpha value is -2.97. The SMILES string of the molecule is CCC1c2ccsc2CCN1C(=O)CSc1nnc(-c2ccccc2F)n1Cc1ccccc1. The first-order valence-corrected chi connectivity index (χ1v) is 13.2. The molecule has 2 aromatic carbocycles. The number of halogens is 1. The molecule has 1 amide bonds. The van der Waals surface area contributed by atoms with Gasteiger partial charge in [0.2, 0.25) is 5.91 Å². The van der Waals surface area contributed by atoms with Crippen LogP contribution in [0.1, 0.15) is 35.4 Å². The molecule has 0 aliphatic carbocycles. The Bertz CT molecular complexity index is 1290. The van der Waals surface area contributed by atoms with E-state index >= 15 is 0 Å². The number of thiophene rings is 1. The third-order valence-corrected chi connectivity index (χ3v) is 8.09. The fourth-order valence-electron chi connectivity index (χ4n) is 4.49. The Balaban J connectivity index is 1.39. The summed E-state index contributed by atoms with van der Waals surface area (Å²) in [5.41, 5.74) is 2.74. The molecule has 0 N–H and O–H groups in total. The monoisotopic (exact) mass is 492 g/mol. The molecule has 5 nitrogen and oxygen atoms in total. The number of amides is 1. The van der Waals surface area contributed by atoms with Gasteiger partial charge >= 0.3 is 0 Å². The number of carbonyl (C=O) groups is 1. The summed E-state index contributed by atoms with van der Waals surface area (Å²) < 4.78 is 16.5. The second-order valence-corrected chi connectivity index (χ2v) is 10.1. The van der Waals surface area contributed by atoms with Crippen LogP contribution in [0.5, 0.6) is 0 Å². The van der Waals surface area contributed by atoms with E-state index in [1.807, 2.05) is 39.8 Å². The Morgan fingerprint density at radius 3 is 2.71 bits per heavy atom. The van der Waals surface area contributed by atoms with Gasteiger partial charge in [0, 0.05) is 11.4 Å². The van der Waals surface area contributed by atoms with Gasteiger partial charge in [0.05, 0.1) is 23.9 Å². The molecule has 1 atom stereocenters. The average Bonchev–Trinajstić information content (AvgIpc) is 3.50. The molecule has 0 saturated carbocycles. The smallest absolute Gasteiger partial charge is 0.233 e. The molecule has 0 saturated heterocycles. The van der Waals surface area contributed by atoms with Gasteiger partial charge in [-0.15, -0.1) is 21.5 Å². The van der Waals surface area contributed by atoms with Gasteiger partial charge in [0.25, 0.3) is 0 Å². The molecule has 0 bridgehead atoms. The van der Waals surface area contributed by atoms with Crippen LogP contribution in [0, 0.1) is 5.82 Å². The molecule has 0 fully saturated rings. The summed E-state index contributed by atoms with van der Waals surface area (Å²) in [6.07, 6.45) is 1.79. The van der Waals surface area contributed by atoms with Gasteiger partial charge in [0.15, 0.2) is 11.0 Å². The molecular formula is C26H25FN4OS2. The maximum Gasteiger partial charge on any atom is 0.233 e. The summed E-state index contributed by atoms with van der Waals surface area (Å²) in [7, 11) is 0. The van der Waals surface area contributed by atoms with E-state index in [4.69, 9.17) is 0 Å². The molecule has 5 rings (SSSR count). The molecule has 1 unspecified atom stereocenters. The number of aromatic nitrogens is 3. The Morgan fingerprint density at radius 2 is 1.91 bits per heavy atom. The van der Waals surface area contributed by atoms with Gasteiger partial charge in [-0.1, -0.05) is 61.2 Å². The zero-order valence-corrected chi connectivity index (χ0v) is 20.5. The lowest BCUT2D eigenvalue weighted by Crippen LogP contribution is -2.40. The van der Waals surface area contributed by atoms with Crippen LogP contribution in [0.25, 0.3) is 11.4 Å². The number of rotatable bonds is 7. The molecule has 4 aromatic rings. The lowest BCUT2D eigenvalue weighted by Gasteiger charge is -2.35. The predicted octanol–water partition coefficient (Wildman–Crippen LogP) is 5.82. The maximum atomic E-state index is 14.6. The highest BCUT2D eigenvalue weighted by molar-refractivity contribution is 7.99. The van der Waals surface area contributed by atoms with Crippen LogP contribution < -0.4 is 0 Å². The summed E-state index contributed by atoms with van der Waals surface area (Å²) >= 11 is 3.14. The first-order valence-electron chi connectivity index (χ1n) is 11.4. The molecule has 1 aliphatic rings. The second-order valence-electron chi connectivity index (χ2n) is 8.21. The van der Waals surface area contributed by atoms with Crippen molar-refractivity contribution >= 4 is 29.0 Å². The standard InChI is InChI=1S/C26H25FN4OS2/c1-2-22-20-13-15-33-23(20)12-14-30(22)24(32)17-34-26-29-28-25(19-10-6-7-11-21(19)27)31(26)16-18-8-4-3-5-9-18/h3-11,13,15,22H,2,12,14,16-17H2,1H3. The summed E-state index contributed by atoms with van der Waals surface area (Å²) in [4.78, 5) is 16.7. The van der Waals surface area contributed by atoms with Gasteiger partial charge < -0.3 is 4.90 Å². The minimum absolute atomic E-state index is 0.0930. The van der Waals surface area contributed by atoms with Crippen molar-refractivity contribution in [2.75, 3.05) is 12.3 Å². The van der Waals surface area contributed by atoms with E-state index in [9.17, 15) is 9.18 Å². The van der Waals surface area contributed by atoms with Crippen LogP contribution in [-0.2, 0) is 17.8 Å². The summed E-state index contributed by atoms with van der Waals surface area (Å²) in [5.74, 6) is 0.474. The third kappa shape index (κ3) is 4.52. The average molecular weight is 493 g/mol. The second kappa shape index (κ2) is 10.1. The highest BCUT2D eigenvalue weighted by Gasteiger charge is 2.30. The first kappa shape index (κ1) is 22.8. The van der Waals surface area contributed by atoms with E-state index in [1.54, 1.807) is 29.5 Å². The first-order chi connectivity index (χ1) is 16.7. The molecule has 0 radical (unpaired) electrons. The van der Waals surface area contributed by atoms with Crippen molar-refractivity contribution < 1.29 is 9.18 Å². The van der Waals surface area contributed by atoms with Gasteiger partial charge in [0.1, 0.15) is 5.82 Å². The van der Waals surface area contributed by atoms with Crippen LogP contribution in [0.3, 0.4) is 0 Å². The molecule has 8 heteroatoms. The van der Waals surface area contributed by atoms with Crippen molar-refractivity contribution in [3.63, 3.8) is 0 Å². The zero-order chi connectivity index (χ0) is 23.5. The van der Waals surface area contributed by atoms with E-state index < -0.39 is 0 Å². The van der Waals surface area contributed by atoms with Crippen molar-refractivity contribution in [1.29, 1.82) is 0 Å². The largest absolute Gasteiger partial charge is 0.335 e. The number of fused-ring (bicyclic) bond motifs is 1. The summed E-state index contributed by atoms with van der Waals surface area (Å²) in [6, 6.07) is 18.8. The van der Waals surface area contributed by atoms with Gasteiger partial charge in [-0.3, -0.25) is 9.36 Å².